The smallest absolute Gasteiger partial charge is 0.0651 e. The summed E-state index contributed by atoms with van der Waals surface area (Å²) >= 11 is 0. The van der Waals surface area contributed by atoms with Crippen LogP contribution in [0.1, 0.15) is 51.0 Å². The number of nitrogen functional groups attached to an aromatic ring is 1. The molecule has 0 atom stereocenters. The summed E-state index contributed by atoms with van der Waals surface area (Å²) < 4.78 is 2.36. The van der Waals surface area contributed by atoms with E-state index in [2.05, 4.69) is 69.9 Å². The maximum absolute atomic E-state index is 5.91. The number of fused-ring (bicyclic) bond motifs is 3. The second kappa shape index (κ2) is 10.7. The van der Waals surface area contributed by atoms with Gasteiger partial charge in [-0.15, -0.1) is 0 Å². The summed E-state index contributed by atoms with van der Waals surface area (Å²) in [5.74, 6) is 5.46. The standard InChI is InChI=1S/C26H28N2.C2H7NO/c27-21-13-15-22(16-14-21)28-25-9-5-4-8-23(25)24-18-20(12-17-26(24)28)11-10-19-6-2-1-3-7-19;1-2-4-3/h4-5,8-9,12-19H,1-3,6-7,10-11,27H2;2-3H2,1H3. The molecule has 4 nitrogen and oxygen atoms in total. The van der Waals surface area contributed by atoms with Gasteiger partial charge in [0.25, 0.3) is 0 Å². The van der Waals surface area contributed by atoms with Gasteiger partial charge in [-0.25, -0.2) is 5.90 Å². The van der Waals surface area contributed by atoms with Gasteiger partial charge in [0.15, 0.2) is 0 Å². The molecule has 1 aromatic heterocycles. The molecule has 1 saturated carbocycles. The fraction of sp³-hybridized carbons (Fsp3) is 0.357. The molecule has 4 aromatic rings. The summed E-state index contributed by atoms with van der Waals surface area (Å²) in [5, 5.41) is 2.68. The molecular formula is C28H35N3O. The number of aromatic nitrogens is 1. The van der Waals surface area contributed by atoms with Gasteiger partial charge in [-0.2, -0.15) is 0 Å². The van der Waals surface area contributed by atoms with E-state index < -0.39 is 0 Å². The van der Waals surface area contributed by atoms with Gasteiger partial charge in [-0.3, -0.25) is 0 Å². The Hall–Kier alpha value is -2.82. The molecule has 0 bridgehead atoms. The second-order valence-corrected chi connectivity index (χ2v) is 8.79. The zero-order valence-electron chi connectivity index (χ0n) is 19.1. The van der Waals surface area contributed by atoms with Crippen LogP contribution in [0, 0.1) is 5.92 Å². The number of anilines is 1. The number of nitrogens with two attached hydrogens (primary N) is 2. The normalized spacial score (nSPS) is 14.4. The van der Waals surface area contributed by atoms with Crippen molar-refractivity contribution in [3.05, 3.63) is 72.3 Å². The third-order valence-corrected chi connectivity index (χ3v) is 6.62. The number of nitrogens with zero attached hydrogens (tertiary/aromatic N) is 1. The summed E-state index contributed by atoms with van der Waals surface area (Å²) in [6, 6.07) is 24.0. The number of hydrogen-bond donors (Lipinski definition) is 2. The first kappa shape index (κ1) is 22.4. The van der Waals surface area contributed by atoms with E-state index in [4.69, 9.17) is 5.73 Å². The number of benzene rings is 3. The lowest BCUT2D eigenvalue weighted by Gasteiger charge is -2.21. The van der Waals surface area contributed by atoms with Gasteiger partial charge in [0.05, 0.1) is 17.6 Å². The molecule has 0 aliphatic heterocycles. The predicted molar refractivity (Wildman–Crippen MR) is 136 cm³/mol. The van der Waals surface area contributed by atoms with Gasteiger partial charge in [-0.1, -0.05) is 56.4 Å². The highest BCUT2D eigenvalue weighted by atomic mass is 16.6. The van der Waals surface area contributed by atoms with Crippen LogP contribution in [-0.2, 0) is 11.3 Å². The van der Waals surface area contributed by atoms with Crippen LogP contribution in [-0.4, -0.2) is 11.2 Å². The van der Waals surface area contributed by atoms with E-state index in [1.165, 1.54) is 72.3 Å². The summed E-state index contributed by atoms with van der Waals surface area (Å²) in [6.45, 7) is 2.43. The third kappa shape index (κ3) is 4.98. The van der Waals surface area contributed by atoms with Gasteiger partial charge in [0.1, 0.15) is 0 Å². The molecule has 3 aromatic carbocycles. The van der Waals surface area contributed by atoms with E-state index in [1.54, 1.807) is 0 Å². The van der Waals surface area contributed by atoms with Crippen LogP contribution in [0.2, 0.25) is 0 Å². The Bertz CT molecular complexity index is 1140. The average molecular weight is 430 g/mol. The second-order valence-electron chi connectivity index (χ2n) is 8.79. The Morgan fingerprint density at radius 3 is 2.28 bits per heavy atom. The molecule has 4 heteroatoms. The minimum Gasteiger partial charge on any atom is -0.399 e. The molecule has 168 valence electrons. The monoisotopic (exact) mass is 429 g/mol. The Labute approximate surface area is 191 Å². The maximum atomic E-state index is 5.91. The van der Waals surface area contributed by atoms with Crippen molar-refractivity contribution >= 4 is 27.5 Å². The third-order valence-electron chi connectivity index (χ3n) is 6.62. The number of aryl methyl sites for hydroxylation is 1. The molecule has 4 N–H and O–H groups in total. The van der Waals surface area contributed by atoms with Gasteiger partial charge in [0, 0.05) is 22.1 Å². The van der Waals surface area contributed by atoms with Gasteiger partial charge in [0.2, 0.25) is 0 Å². The number of hydrogen-bond acceptors (Lipinski definition) is 3. The molecule has 0 unspecified atom stereocenters. The van der Waals surface area contributed by atoms with Crippen molar-refractivity contribution in [3.63, 3.8) is 0 Å². The van der Waals surface area contributed by atoms with Gasteiger partial charge >= 0.3 is 0 Å². The van der Waals surface area contributed by atoms with E-state index in [9.17, 15) is 0 Å². The highest BCUT2D eigenvalue weighted by Gasteiger charge is 2.15. The highest BCUT2D eigenvalue weighted by molar-refractivity contribution is 6.09. The van der Waals surface area contributed by atoms with Gasteiger partial charge in [-0.05, 0) is 73.7 Å². The molecule has 0 amide bonds. The molecule has 32 heavy (non-hydrogen) atoms. The molecule has 0 radical (unpaired) electrons. The highest BCUT2D eigenvalue weighted by Crippen LogP contribution is 2.34. The van der Waals surface area contributed by atoms with Crippen molar-refractivity contribution in [3.8, 4) is 5.69 Å². The zero-order chi connectivity index (χ0) is 22.3. The minimum absolute atomic E-state index is 0.597. The first-order chi connectivity index (χ1) is 15.7. The van der Waals surface area contributed by atoms with Gasteiger partial charge < -0.3 is 15.1 Å². The van der Waals surface area contributed by atoms with Crippen molar-refractivity contribution in [1.29, 1.82) is 0 Å². The molecule has 0 saturated heterocycles. The van der Waals surface area contributed by atoms with E-state index in [-0.39, 0.29) is 0 Å². The maximum Gasteiger partial charge on any atom is 0.0651 e. The summed E-state index contributed by atoms with van der Waals surface area (Å²) in [6.07, 6.45) is 9.69. The average Bonchev–Trinajstić information content (AvgIpc) is 3.18. The molecule has 1 aliphatic carbocycles. The quantitative estimate of drug-likeness (QED) is 0.271. The topological polar surface area (TPSA) is 66.2 Å². The molecule has 1 aliphatic rings. The number of para-hydroxylation sites is 1. The van der Waals surface area contributed by atoms with Crippen LogP contribution >= 0.6 is 0 Å². The SMILES string of the molecule is CCON.Nc1ccc(-n2c3ccccc3c3cc(CCC4CCCCC4)ccc32)cc1. The fourth-order valence-electron chi connectivity index (χ4n) is 4.92. The molecule has 5 rings (SSSR count). The van der Waals surface area contributed by atoms with Crippen LogP contribution in [0.3, 0.4) is 0 Å². The minimum atomic E-state index is 0.597. The van der Waals surface area contributed by atoms with E-state index in [1.807, 2.05) is 19.1 Å². The Morgan fingerprint density at radius 2 is 1.56 bits per heavy atom. The van der Waals surface area contributed by atoms with E-state index >= 15 is 0 Å². The first-order valence-corrected chi connectivity index (χ1v) is 11.9. The molecule has 1 heterocycles. The van der Waals surface area contributed by atoms with Crippen molar-refractivity contribution in [2.45, 2.75) is 51.9 Å². The van der Waals surface area contributed by atoms with E-state index in [0.717, 1.165) is 17.3 Å². The fourth-order valence-corrected chi connectivity index (χ4v) is 4.92. The number of rotatable bonds is 5. The van der Waals surface area contributed by atoms with Crippen molar-refractivity contribution in [2.24, 2.45) is 11.8 Å². The summed E-state index contributed by atoms with van der Waals surface area (Å²) in [4.78, 5) is 4.04. The van der Waals surface area contributed by atoms with Crippen LogP contribution < -0.4 is 11.6 Å². The van der Waals surface area contributed by atoms with Crippen LogP contribution in [0.5, 0.6) is 0 Å². The lowest BCUT2D eigenvalue weighted by atomic mass is 9.85. The van der Waals surface area contributed by atoms with E-state index in [0.29, 0.717) is 6.61 Å². The van der Waals surface area contributed by atoms with Crippen LogP contribution in [0.15, 0.2) is 66.7 Å². The Kier molecular flexibility index (Phi) is 7.46. The summed E-state index contributed by atoms with van der Waals surface area (Å²) in [7, 11) is 0. The first-order valence-electron chi connectivity index (χ1n) is 11.9. The van der Waals surface area contributed by atoms with Crippen molar-refractivity contribution < 1.29 is 4.84 Å². The predicted octanol–water partition coefficient (Wildman–Crippen LogP) is 6.78. The largest absolute Gasteiger partial charge is 0.399 e. The van der Waals surface area contributed by atoms with Crippen molar-refractivity contribution in [2.75, 3.05) is 12.3 Å². The molecular weight excluding hydrogens is 394 g/mol. The van der Waals surface area contributed by atoms with Crippen LogP contribution in [0.4, 0.5) is 5.69 Å². The Balaban J connectivity index is 0.000000567. The lowest BCUT2D eigenvalue weighted by molar-refractivity contribution is 0.152. The van der Waals surface area contributed by atoms with Crippen molar-refractivity contribution in [1.82, 2.24) is 4.57 Å². The molecule has 1 fully saturated rings. The Morgan fingerprint density at radius 1 is 0.875 bits per heavy atom. The molecule has 0 spiro atoms. The lowest BCUT2D eigenvalue weighted by Crippen LogP contribution is -2.07. The summed E-state index contributed by atoms with van der Waals surface area (Å²) in [5.41, 5.74) is 11.9. The zero-order valence-corrected chi connectivity index (χ0v) is 19.1. The van der Waals surface area contributed by atoms with Crippen LogP contribution in [0.25, 0.3) is 27.5 Å².